The van der Waals surface area contributed by atoms with Gasteiger partial charge in [0.1, 0.15) is 5.75 Å². The molecule has 0 unspecified atom stereocenters. The van der Waals surface area contributed by atoms with Gasteiger partial charge in [0, 0.05) is 12.0 Å². The monoisotopic (exact) mass is 298 g/mol. The molecule has 106 valence electrons. The fourth-order valence-corrected chi connectivity index (χ4v) is 1.78. The van der Waals surface area contributed by atoms with Crippen LogP contribution in [0.4, 0.5) is 8.78 Å². The number of hydrogen-bond acceptors (Lipinski definition) is 4. The Morgan fingerprint density at radius 3 is 2.95 bits per heavy atom. The Morgan fingerprint density at radius 1 is 1.50 bits per heavy atom. The summed E-state index contributed by atoms with van der Waals surface area (Å²) in [6.07, 6.45) is 2.04. The van der Waals surface area contributed by atoms with Gasteiger partial charge in [-0.2, -0.15) is 23.7 Å². The van der Waals surface area contributed by atoms with E-state index in [-0.39, 0.29) is 5.75 Å². The van der Waals surface area contributed by atoms with Gasteiger partial charge in [0.25, 0.3) is 0 Å². The van der Waals surface area contributed by atoms with Crippen molar-refractivity contribution in [3.05, 3.63) is 40.4 Å². The molecule has 1 N–H and O–H groups in total. The number of para-hydroxylation sites is 1. The van der Waals surface area contributed by atoms with E-state index in [1.54, 1.807) is 18.2 Å². The molecule has 0 fully saturated rings. The van der Waals surface area contributed by atoms with Crippen LogP contribution in [-0.2, 0) is 6.42 Å². The van der Waals surface area contributed by atoms with Gasteiger partial charge < -0.3 is 4.74 Å². The summed E-state index contributed by atoms with van der Waals surface area (Å²) in [5, 5.41) is 10.8. The second-order valence-electron chi connectivity index (χ2n) is 3.77. The quantitative estimate of drug-likeness (QED) is 0.682. The maximum Gasteiger partial charge on any atom is 0.387 e. The number of nitrogens with one attached hydrogen (secondary N) is 1. The van der Waals surface area contributed by atoms with E-state index < -0.39 is 6.61 Å². The van der Waals surface area contributed by atoms with Gasteiger partial charge in [-0.25, -0.2) is 0 Å². The second-order valence-corrected chi connectivity index (χ2v) is 4.16. The Kier molecular flexibility index (Phi) is 4.57. The van der Waals surface area contributed by atoms with E-state index in [0.29, 0.717) is 22.6 Å². The Balaban J connectivity index is 2.32. The van der Waals surface area contributed by atoms with E-state index in [9.17, 15) is 8.78 Å². The van der Waals surface area contributed by atoms with Crippen molar-refractivity contribution in [3.8, 4) is 5.75 Å². The molecule has 8 heteroatoms. The highest BCUT2D eigenvalue weighted by atomic mass is 32.1. The summed E-state index contributed by atoms with van der Waals surface area (Å²) in [7, 11) is 0. The minimum Gasteiger partial charge on any atom is -0.434 e. The predicted molar refractivity (Wildman–Crippen MR) is 72.9 cm³/mol. The van der Waals surface area contributed by atoms with Crippen molar-refractivity contribution < 1.29 is 13.5 Å². The van der Waals surface area contributed by atoms with Gasteiger partial charge >= 0.3 is 6.61 Å². The number of halogens is 2. The van der Waals surface area contributed by atoms with Crippen molar-refractivity contribution in [2.45, 2.75) is 20.0 Å². The molecule has 2 rings (SSSR count). The molecule has 0 aliphatic heterocycles. The lowest BCUT2D eigenvalue weighted by molar-refractivity contribution is -0.0499. The molecule has 0 aliphatic rings. The van der Waals surface area contributed by atoms with Crippen LogP contribution in [0, 0.1) is 4.77 Å². The third-order valence-corrected chi connectivity index (χ3v) is 2.75. The number of hydrogen-bond donors (Lipinski definition) is 1. The van der Waals surface area contributed by atoms with Crippen LogP contribution in [0.1, 0.15) is 18.3 Å². The number of benzene rings is 1. The number of aromatic nitrogens is 3. The summed E-state index contributed by atoms with van der Waals surface area (Å²) >= 11 is 5.04. The topological polar surface area (TPSA) is 55.2 Å². The Bertz CT molecular complexity index is 665. The van der Waals surface area contributed by atoms with Crippen LogP contribution in [-0.4, -0.2) is 27.7 Å². The fraction of sp³-hybridized carbons (Fsp3) is 0.250. The number of ether oxygens (including phenoxy) is 1. The molecule has 2 aromatic rings. The van der Waals surface area contributed by atoms with E-state index in [1.807, 2.05) is 6.92 Å². The smallest absolute Gasteiger partial charge is 0.387 e. The highest BCUT2D eigenvalue weighted by molar-refractivity contribution is 7.71. The molecule has 0 saturated heterocycles. The zero-order chi connectivity index (χ0) is 14.5. The van der Waals surface area contributed by atoms with Crippen LogP contribution >= 0.6 is 12.2 Å². The average molecular weight is 298 g/mol. The first-order valence-electron chi connectivity index (χ1n) is 5.86. The lowest BCUT2D eigenvalue weighted by Gasteiger charge is -2.06. The lowest BCUT2D eigenvalue weighted by atomic mass is 10.2. The third-order valence-electron chi connectivity index (χ3n) is 2.48. The van der Waals surface area contributed by atoms with Crippen LogP contribution in [0.25, 0.3) is 0 Å². The first kappa shape index (κ1) is 14.3. The van der Waals surface area contributed by atoms with Crippen molar-refractivity contribution in [1.29, 1.82) is 0 Å². The molecule has 0 amide bonds. The van der Waals surface area contributed by atoms with E-state index in [2.05, 4.69) is 20.0 Å². The molecule has 0 atom stereocenters. The van der Waals surface area contributed by atoms with Crippen molar-refractivity contribution in [2.24, 2.45) is 5.10 Å². The highest BCUT2D eigenvalue weighted by Gasteiger charge is 2.08. The van der Waals surface area contributed by atoms with Crippen molar-refractivity contribution in [1.82, 2.24) is 14.9 Å². The number of alkyl halides is 2. The van der Waals surface area contributed by atoms with Crippen LogP contribution in [0.3, 0.4) is 0 Å². The van der Waals surface area contributed by atoms with E-state index in [4.69, 9.17) is 12.2 Å². The summed E-state index contributed by atoms with van der Waals surface area (Å²) in [5.41, 5.74) is 0.429. The summed E-state index contributed by atoms with van der Waals surface area (Å²) in [4.78, 5) is 0. The summed E-state index contributed by atoms with van der Waals surface area (Å²) in [6, 6.07) is 6.38. The standard InChI is InChI=1S/C12H12F2N4OS/c1-2-10-16-17-12(20)18(10)15-7-8-5-3-4-6-9(8)19-11(13)14/h3-7,11H,2H2,1H3,(H,17,20)/b15-7+. The van der Waals surface area contributed by atoms with Crippen LogP contribution in [0.5, 0.6) is 5.75 Å². The minimum absolute atomic E-state index is 0.0549. The summed E-state index contributed by atoms with van der Waals surface area (Å²) in [6.45, 7) is -0.975. The maximum absolute atomic E-state index is 12.3. The molecule has 1 aromatic heterocycles. The molecule has 0 radical (unpaired) electrons. The van der Waals surface area contributed by atoms with Crippen molar-refractivity contribution in [2.75, 3.05) is 0 Å². The molecule has 0 saturated carbocycles. The van der Waals surface area contributed by atoms with Gasteiger partial charge in [-0.15, -0.1) is 0 Å². The van der Waals surface area contributed by atoms with Gasteiger partial charge in [0.2, 0.25) is 4.77 Å². The number of rotatable bonds is 5. The molecule has 0 bridgehead atoms. The SMILES string of the molecule is CCc1n[nH]c(=S)n1/N=C/c1ccccc1OC(F)F. The Hall–Kier alpha value is -2.09. The summed E-state index contributed by atoms with van der Waals surface area (Å²) < 4.78 is 30.8. The van der Waals surface area contributed by atoms with Gasteiger partial charge in [0.15, 0.2) is 5.82 Å². The molecular formula is C12H12F2N4OS. The maximum atomic E-state index is 12.3. The van der Waals surface area contributed by atoms with Crippen molar-refractivity contribution >= 4 is 18.4 Å². The Morgan fingerprint density at radius 2 is 2.25 bits per heavy atom. The zero-order valence-corrected chi connectivity index (χ0v) is 11.4. The largest absolute Gasteiger partial charge is 0.434 e. The predicted octanol–water partition coefficient (Wildman–Crippen LogP) is 2.99. The van der Waals surface area contributed by atoms with E-state index in [0.717, 1.165) is 0 Å². The first-order chi connectivity index (χ1) is 9.61. The van der Waals surface area contributed by atoms with Crippen molar-refractivity contribution in [3.63, 3.8) is 0 Å². The molecular weight excluding hydrogens is 286 g/mol. The number of nitrogens with zero attached hydrogens (tertiary/aromatic N) is 3. The van der Waals surface area contributed by atoms with Crippen LogP contribution in [0.15, 0.2) is 29.4 Å². The molecule has 0 spiro atoms. The number of aromatic amines is 1. The van der Waals surface area contributed by atoms with E-state index in [1.165, 1.54) is 17.0 Å². The highest BCUT2D eigenvalue weighted by Crippen LogP contribution is 2.18. The first-order valence-corrected chi connectivity index (χ1v) is 6.27. The van der Waals surface area contributed by atoms with E-state index >= 15 is 0 Å². The fourth-order valence-electron chi connectivity index (χ4n) is 1.58. The average Bonchev–Trinajstić information content (AvgIpc) is 2.78. The van der Waals surface area contributed by atoms with Crippen LogP contribution < -0.4 is 4.74 Å². The van der Waals surface area contributed by atoms with Gasteiger partial charge in [-0.1, -0.05) is 19.1 Å². The molecule has 20 heavy (non-hydrogen) atoms. The zero-order valence-electron chi connectivity index (χ0n) is 10.6. The second kappa shape index (κ2) is 6.38. The van der Waals surface area contributed by atoms with Gasteiger partial charge in [-0.05, 0) is 24.4 Å². The van der Waals surface area contributed by atoms with Gasteiger partial charge in [-0.3, -0.25) is 5.10 Å². The molecule has 0 aliphatic carbocycles. The minimum atomic E-state index is -2.88. The number of aryl methyl sites for hydroxylation is 1. The molecule has 1 aromatic carbocycles. The summed E-state index contributed by atoms with van der Waals surface area (Å²) in [5.74, 6) is 0.706. The van der Waals surface area contributed by atoms with Gasteiger partial charge in [0.05, 0.1) is 6.21 Å². The lowest BCUT2D eigenvalue weighted by Crippen LogP contribution is -2.04. The normalized spacial score (nSPS) is 11.4. The number of H-pyrrole nitrogens is 1. The molecule has 5 nitrogen and oxygen atoms in total. The third kappa shape index (κ3) is 3.27. The van der Waals surface area contributed by atoms with Crippen LogP contribution in [0.2, 0.25) is 0 Å². The Labute approximate surface area is 118 Å². The molecule has 1 heterocycles.